The standard InChI is InChI=1S/C30H30NO4/c1-30(2,3)20-8-6-18(7-9-20)21-14-28(32-4)29(33-5)24-16-31-11-10-19-12-26-27(35-17-34-26)15-22(19)25(31)13-23(21)24/h6-9,12-16H,10-11,17H2,1-5H3/q+1. The SMILES string of the molecule is COc1cc(-c2ccc(C(C)(C)C)cc2)c2cc3[n+](cc2c1OC)CCc1cc2c(cc1-3)OCO2. The number of benzene rings is 3. The molecular formula is C30H30NO4+. The van der Waals surface area contributed by atoms with E-state index in [4.69, 9.17) is 18.9 Å². The van der Waals surface area contributed by atoms with Gasteiger partial charge in [-0.15, -0.1) is 0 Å². The number of pyridine rings is 1. The number of methoxy groups -OCH3 is 2. The number of hydrogen-bond donors (Lipinski definition) is 0. The largest absolute Gasteiger partial charge is 0.493 e. The van der Waals surface area contributed by atoms with Gasteiger partial charge in [0, 0.05) is 17.9 Å². The predicted octanol–water partition coefficient (Wildman–Crippen LogP) is 6.06. The number of aromatic nitrogens is 1. The van der Waals surface area contributed by atoms with Crippen molar-refractivity contribution in [3.8, 4) is 45.4 Å². The van der Waals surface area contributed by atoms with Crippen LogP contribution < -0.4 is 23.5 Å². The van der Waals surface area contributed by atoms with E-state index in [1.54, 1.807) is 14.2 Å². The van der Waals surface area contributed by atoms with E-state index in [1.807, 2.05) is 0 Å². The molecule has 0 radical (unpaired) electrons. The molecule has 6 rings (SSSR count). The van der Waals surface area contributed by atoms with Gasteiger partial charge in [0.05, 0.1) is 25.2 Å². The number of aryl methyl sites for hydroxylation is 2. The molecule has 0 unspecified atom stereocenters. The first-order chi connectivity index (χ1) is 16.9. The summed E-state index contributed by atoms with van der Waals surface area (Å²) in [6.45, 7) is 7.87. The lowest BCUT2D eigenvalue weighted by Crippen LogP contribution is -2.40. The van der Waals surface area contributed by atoms with E-state index in [-0.39, 0.29) is 12.2 Å². The second-order valence-electron chi connectivity index (χ2n) is 10.3. The summed E-state index contributed by atoms with van der Waals surface area (Å²) in [5.74, 6) is 3.13. The van der Waals surface area contributed by atoms with Gasteiger partial charge >= 0.3 is 0 Å². The molecule has 4 aromatic rings. The molecule has 3 heterocycles. The number of nitrogens with zero attached hydrogens (tertiary/aromatic N) is 1. The van der Waals surface area contributed by atoms with Gasteiger partial charge in [0.15, 0.2) is 35.7 Å². The first-order valence-corrected chi connectivity index (χ1v) is 12.0. The van der Waals surface area contributed by atoms with Crippen LogP contribution in [-0.4, -0.2) is 21.0 Å². The van der Waals surface area contributed by atoms with Crippen molar-refractivity contribution in [3.63, 3.8) is 0 Å². The van der Waals surface area contributed by atoms with Crippen LogP contribution in [-0.2, 0) is 18.4 Å². The molecule has 2 aliphatic rings. The van der Waals surface area contributed by atoms with Crippen LogP contribution in [0.5, 0.6) is 23.0 Å². The molecule has 2 aliphatic heterocycles. The molecule has 35 heavy (non-hydrogen) atoms. The zero-order valence-electron chi connectivity index (χ0n) is 20.9. The van der Waals surface area contributed by atoms with Crippen molar-refractivity contribution in [2.24, 2.45) is 0 Å². The first-order valence-electron chi connectivity index (χ1n) is 12.0. The van der Waals surface area contributed by atoms with E-state index in [1.165, 1.54) is 16.7 Å². The highest BCUT2D eigenvalue weighted by Crippen LogP contribution is 2.45. The zero-order valence-corrected chi connectivity index (χ0v) is 20.9. The highest BCUT2D eigenvalue weighted by Gasteiger charge is 2.29. The van der Waals surface area contributed by atoms with E-state index >= 15 is 0 Å². The summed E-state index contributed by atoms with van der Waals surface area (Å²) >= 11 is 0. The Morgan fingerprint density at radius 2 is 1.57 bits per heavy atom. The minimum absolute atomic E-state index is 0.101. The average molecular weight is 469 g/mol. The van der Waals surface area contributed by atoms with Crippen LogP contribution in [0.2, 0.25) is 0 Å². The van der Waals surface area contributed by atoms with Gasteiger partial charge in [0.1, 0.15) is 0 Å². The average Bonchev–Trinajstić information content (AvgIpc) is 3.32. The molecule has 0 saturated heterocycles. The van der Waals surface area contributed by atoms with Crippen molar-refractivity contribution in [2.75, 3.05) is 21.0 Å². The molecule has 0 N–H and O–H groups in total. The Morgan fingerprint density at radius 1 is 0.829 bits per heavy atom. The molecule has 0 aliphatic carbocycles. The number of ether oxygens (including phenoxy) is 4. The highest BCUT2D eigenvalue weighted by molar-refractivity contribution is 6.02. The molecule has 0 saturated carbocycles. The molecule has 0 atom stereocenters. The molecule has 0 amide bonds. The second kappa shape index (κ2) is 7.91. The van der Waals surface area contributed by atoms with Gasteiger partial charge in [-0.05, 0) is 45.9 Å². The van der Waals surface area contributed by atoms with E-state index in [0.29, 0.717) is 0 Å². The van der Waals surface area contributed by atoms with E-state index in [2.05, 4.69) is 80.1 Å². The fourth-order valence-electron chi connectivity index (χ4n) is 5.24. The van der Waals surface area contributed by atoms with Gasteiger partial charge in [-0.3, -0.25) is 0 Å². The second-order valence-corrected chi connectivity index (χ2v) is 10.3. The van der Waals surface area contributed by atoms with Crippen LogP contribution in [0.25, 0.3) is 33.2 Å². The maximum Gasteiger partial charge on any atom is 0.231 e. The maximum absolute atomic E-state index is 5.85. The normalized spacial score (nSPS) is 14.0. The van der Waals surface area contributed by atoms with Gasteiger partial charge in [-0.1, -0.05) is 45.0 Å². The van der Waals surface area contributed by atoms with Crippen molar-refractivity contribution >= 4 is 10.8 Å². The summed E-state index contributed by atoms with van der Waals surface area (Å²) in [6.07, 6.45) is 3.13. The van der Waals surface area contributed by atoms with E-state index < -0.39 is 0 Å². The van der Waals surface area contributed by atoms with E-state index in [0.717, 1.165) is 63.6 Å². The number of fused-ring (bicyclic) bond motifs is 5. The lowest BCUT2D eigenvalue weighted by atomic mass is 9.85. The van der Waals surface area contributed by atoms with Crippen LogP contribution in [0.4, 0.5) is 0 Å². The summed E-state index contributed by atoms with van der Waals surface area (Å²) < 4.78 is 25.3. The third-order valence-electron chi connectivity index (χ3n) is 7.18. The maximum atomic E-state index is 5.85. The van der Waals surface area contributed by atoms with Gasteiger partial charge in [0.2, 0.25) is 12.5 Å². The summed E-state index contributed by atoms with van der Waals surface area (Å²) in [6, 6.07) is 17.5. The van der Waals surface area contributed by atoms with Crippen LogP contribution in [0, 0.1) is 0 Å². The summed E-state index contributed by atoms with van der Waals surface area (Å²) in [7, 11) is 3.40. The molecule has 3 aromatic carbocycles. The van der Waals surface area contributed by atoms with E-state index in [9.17, 15) is 0 Å². The zero-order chi connectivity index (χ0) is 24.3. The predicted molar refractivity (Wildman–Crippen MR) is 137 cm³/mol. The third kappa shape index (κ3) is 3.49. The molecular weight excluding hydrogens is 438 g/mol. The highest BCUT2D eigenvalue weighted by atomic mass is 16.7. The third-order valence-corrected chi connectivity index (χ3v) is 7.18. The van der Waals surface area contributed by atoms with Gasteiger partial charge in [0.25, 0.3) is 0 Å². The minimum atomic E-state index is 0.101. The summed E-state index contributed by atoms with van der Waals surface area (Å²) in [4.78, 5) is 0. The Labute approximate surface area is 205 Å². The lowest BCUT2D eigenvalue weighted by Gasteiger charge is -2.21. The van der Waals surface area contributed by atoms with Crippen molar-refractivity contribution in [3.05, 3.63) is 65.9 Å². The molecule has 0 bridgehead atoms. The fourth-order valence-corrected chi connectivity index (χ4v) is 5.24. The minimum Gasteiger partial charge on any atom is -0.493 e. The molecule has 0 spiro atoms. The topological polar surface area (TPSA) is 40.8 Å². The number of rotatable bonds is 3. The molecule has 5 nitrogen and oxygen atoms in total. The Hall–Kier alpha value is -3.73. The summed E-state index contributed by atoms with van der Waals surface area (Å²) in [5.41, 5.74) is 7.31. The van der Waals surface area contributed by atoms with Gasteiger partial charge in [-0.25, -0.2) is 0 Å². The van der Waals surface area contributed by atoms with Crippen LogP contribution in [0.1, 0.15) is 31.9 Å². The number of hydrogen-bond acceptors (Lipinski definition) is 4. The van der Waals surface area contributed by atoms with Crippen molar-refractivity contribution in [2.45, 2.75) is 39.2 Å². The molecule has 0 fully saturated rings. The van der Waals surface area contributed by atoms with Crippen molar-refractivity contribution in [1.82, 2.24) is 0 Å². The van der Waals surface area contributed by atoms with Crippen LogP contribution >= 0.6 is 0 Å². The smallest absolute Gasteiger partial charge is 0.231 e. The fraction of sp³-hybridized carbons (Fsp3) is 0.300. The molecule has 5 heteroatoms. The Morgan fingerprint density at radius 3 is 2.26 bits per heavy atom. The molecule has 1 aromatic heterocycles. The Bertz CT molecular complexity index is 1470. The Balaban J connectivity index is 1.61. The van der Waals surface area contributed by atoms with Gasteiger partial charge < -0.3 is 18.9 Å². The summed E-state index contributed by atoms with van der Waals surface area (Å²) in [5, 5.41) is 2.16. The van der Waals surface area contributed by atoms with Crippen molar-refractivity contribution < 1.29 is 23.5 Å². The lowest BCUT2D eigenvalue weighted by molar-refractivity contribution is -0.686. The molecule has 178 valence electrons. The van der Waals surface area contributed by atoms with Gasteiger partial charge in [-0.2, -0.15) is 4.57 Å². The van der Waals surface area contributed by atoms with Crippen molar-refractivity contribution in [1.29, 1.82) is 0 Å². The first kappa shape index (κ1) is 21.8. The monoisotopic (exact) mass is 468 g/mol. The van der Waals surface area contributed by atoms with Crippen LogP contribution in [0.15, 0.2) is 54.7 Å². The Kier molecular flexibility index (Phi) is 4.92. The quantitative estimate of drug-likeness (QED) is 0.343. The van der Waals surface area contributed by atoms with Crippen LogP contribution in [0.3, 0.4) is 0 Å².